The van der Waals surface area contributed by atoms with Crippen LogP contribution in [0.25, 0.3) is 0 Å². The van der Waals surface area contributed by atoms with Crippen LogP contribution in [0.1, 0.15) is 0 Å². The van der Waals surface area contributed by atoms with Gasteiger partial charge in [-0.25, -0.2) is 9.59 Å². The summed E-state index contributed by atoms with van der Waals surface area (Å²) in [4.78, 5) is 19.5. The monoisotopic (exact) mass is 212 g/mol. The van der Waals surface area contributed by atoms with E-state index in [-0.39, 0.29) is 0 Å². The van der Waals surface area contributed by atoms with Crippen molar-refractivity contribution in [3.63, 3.8) is 0 Å². The Morgan fingerprint density at radius 2 is 1.36 bits per heavy atom. The number of carbonyl (C=O) groups excluding carboxylic acids is 2. The molecular weight excluding hydrogens is 206 g/mol. The number of alkyl halides is 2. The van der Waals surface area contributed by atoms with Gasteiger partial charge in [0.05, 0.1) is 0 Å². The Labute approximate surface area is 76.7 Å². The maximum Gasteiger partial charge on any atom is 0.513 e. The lowest BCUT2D eigenvalue weighted by Gasteiger charge is -1.92. The Morgan fingerprint density at radius 3 is 1.50 bits per heavy atom. The molecule has 0 N–H and O–H groups in total. The molecule has 6 nitrogen and oxygen atoms in total. The molecule has 0 aromatic rings. The van der Waals surface area contributed by atoms with E-state index in [1.54, 1.807) is 0 Å². The van der Waals surface area contributed by atoms with Crippen LogP contribution in [-0.2, 0) is 18.9 Å². The van der Waals surface area contributed by atoms with Crippen molar-refractivity contribution in [2.75, 3.05) is 13.2 Å². The van der Waals surface area contributed by atoms with Gasteiger partial charge in [0.15, 0.2) is 0 Å². The number of cyclic esters (lactones) is 4. The van der Waals surface area contributed by atoms with Gasteiger partial charge in [0, 0.05) is 0 Å². The summed E-state index contributed by atoms with van der Waals surface area (Å²) in [6, 6.07) is 0. The number of hydrogen-bond donors (Lipinski definition) is 0. The molecule has 2 rings (SSSR count). The Hall–Kier alpha value is -1.60. The Kier molecular flexibility index (Phi) is 3.43. The molecule has 2 atom stereocenters. The average molecular weight is 212 g/mol. The van der Waals surface area contributed by atoms with E-state index in [9.17, 15) is 18.4 Å². The smallest absolute Gasteiger partial charge is 0.431 e. The molecule has 2 aliphatic rings. The SMILES string of the molecule is O=C1OC(F)C(F)O1.O=C1OCCO1. The van der Waals surface area contributed by atoms with E-state index in [0.29, 0.717) is 13.2 Å². The second kappa shape index (κ2) is 4.58. The molecule has 0 spiro atoms. The van der Waals surface area contributed by atoms with Gasteiger partial charge in [-0.3, -0.25) is 0 Å². The van der Waals surface area contributed by atoms with Crippen LogP contribution in [-0.4, -0.2) is 38.2 Å². The topological polar surface area (TPSA) is 71.1 Å². The maximum absolute atomic E-state index is 11.6. The number of ether oxygens (including phenoxy) is 4. The van der Waals surface area contributed by atoms with Crippen molar-refractivity contribution in [3.8, 4) is 0 Å². The minimum absolute atomic E-state index is 0.416. The second-order valence-electron chi connectivity index (χ2n) is 2.13. The molecule has 8 heteroatoms. The van der Waals surface area contributed by atoms with Crippen molar-refractivity contribution in [1.82, 2.24) is 0 Å². The molecule has 0 aliphatic carbocycles. The normalized spacial score (nSPS) is 29.3. The molecule has 2 unspecified atom stereocenters. The van der Waals surface area contributed by atoms with Crippen molar-refractivity contribution < 1.29 is 37.3 Å². The van der Waals surface area contributed by atoms with Crippen LogP contribution in [0.2, 0.25) is 0 Å². The fourth-order valence-electron chi connectivity index (χ4n) is 0.610. The third kappa shape index (κ3) is 3.04. The summed E-state index contributed by atoms with van der Waals surface area (Å²) in [7, 11) is 0. The van der Waals surface area contributed by atoms with Gasteiger partial charge >= 0.3 is 25.0 Å². The first-order chi connectivity index (χ1) is 6.59. The Balaban J connectivity index is 0.000000146. The summed E-state index contributed by atoms with van der Waals surface area (Å²) >= 11 is 0. The molecule has 0 radical (unpaired) electrons. The van der Waals surface area contributed by atoms with E-state index in [2.05, 4.69) is 18.9 Å². The third-order valence-electron chi connectivity index (χ3n) is 1.15. The summed E-state index contributed by atoms with van der Waals surface area (Å²) in [5.74, 6) is 0. The Bertz CT molecular complexity index is 212. The van der Waals surface area contributed by atoms with E-state index in [1.807, 2.05) is 0 Å². The highest BCUT2D eigenvalue weighted by molar-refractivity contribution is 5.61. The minimum atomic E-state index is -2.25. The van der Waals surface area contributed by atoms with Crippen molar-refractivity contribution >= 4 is 12.3 Å². The largest absolute Gasteiger partial charge is 0.513 e. The van der Waals surface area contributed by atoms with Crippen LogP contribution >= 0.6 is 0 Å². The lowest BCUT2D eigenvalue weighted by molar-refractivity contribution is -0.0349. The molecule has 2 saturated heterocycles. The van der Waals surface area contributed by atoms with Gasteiger partial charge in [-0.1, -0.05) is 0 Å². The first kappa shape index (κ1) is 10.5. The highest BCUT2D eigenvalue weighted by Crippen LogP contribution is 2.16. The summed E-state index contributed by atoms with van der Waals surface area (Å²) in [5, 5.41) is 0. The van der Waals surface area contributed by atoms with Crippen LogP contribution < -0.4 is 0 Å². The van der Waals surface area contributed by atoms with E-state index in [1.165, 1.54) is 0 Å². The fraction of sp³-hybridized carbons (Fsp3) is 0.667. The zero-order chi connectivity index (χ0) is 10.6. The van der Waals surface area contributed by atoms with Crippen molar-refractivity contribution in [2.24, 2.45) is 0 Å². The molecule has 0 aromatic carbocycles. The van der Waals surface area contributed by atoms with Gasteiger partial charge in [-0.05, 0) is 0 Å². The average Bonchev–Trinajstić information content (AvgIpc) is 2.65. The molecule has 0 aromatic heterocycles. The molecule has 0 saturated carbocycles. The summed E-state index contributed by atoms with van der Waals surface area (Å²) in [5.41, 5.74) is 0. The molecule has 14 heavy (non-hydrogen) atoms. The van der Waals surface area contributed by atoms with Gasteiger partial charge in [-0.2, -0.15) is 8.78 Å². The lowest BCUT2D eigenvalue weighted by atomic mass is 10.7. The van der Waals surface area contributed by atoms with Gasteiger partial charge in [0.25, 0.3) is 0 Å². The fourth-order valence-corrected chi connectivity index (χ4v) is 0.610. The van der Waals surface area contributed by atoms with Crippen LogP contribution in [0.15, 0.2) is 0 Å². The van der Waals surface area contributed by atoms with Gasteiger partial charge in [0.1, 0.15) is 13.2 Å². The van der Waals surface area contributed by atoms with Crippen molar-refractivity contribution in [3.05, 3.63) is 0 Å². The first-order valence-electron chi connectivity index (χ1n) is 3.54. The van der Waals surface area contributed by atoms with Crippen LogP contribution in [0.3, 0.4) is 0 Å². The maximum atomic E-state index is 11.6. The first-order valence-corrected chi connectivity index (χ1v) is 3.54. The van der Waals surface area contributed by atoms with E-state index in [4.69, 9.17) is 0 Å². The summed E-state index contributed by atoms with van der Waals surface area (Å²) in [6.45, 7) is 0.831. The Morgan fingerprint density at radius 1 is 0.929 bits per heavy atom. The van der Waals surface area contributed by atoms with Gasteiger partial charge < -0.3 is 18.9 Å². The molecule has 2 fully saturated rings. The van der Waals surface area contributed by atoms with Gasteiger partial charge in [0.2, 0.25) is 0 Å². The van der Waals surface area contributed by atoms with E-state index < -0.39 is 25.0 Å². The molecule has 0 amide bonds. The van der Waals surface area contributed by atoms with Crippen LogP contribution in [0.4, 0.5) is 18.4 Å². The lowest BCUT2D eigenvalue weighted by Crippen LogP contribution is -2.09. The number of halogens is 2. The standard InChI is InChI=1S/C3H2F2O3.C3H4O3/c4-1-2(5)8-3(6)7-1;4-3-5-1-2-6-3/h1-2H;1-2H2. The molecule has 2 aliphatic heterocycles. The molecule has 80 valence electrons. The second-order valence-corrected chi connectivity index (χ2v) is 2.13. The van der Waals surface area contributed by atoms with Crippen molar-refractivity contribution in [2.45, 2.75) is 12.7 Å². The minimum Gasteiger partial charge on any atom is -0.431 e. The van der Waals surface area contributed by atoms with Gasteiger partial charge in [-0.15, -0.1) is 0 Å². The quantitative estimate of drug-likeness (QED) is 0.555. The van der Waals surface area contributed by atoms with E-state index >= 15 is 0 Å². The van der Waals surface area contributed by atoms with Crippen molar-refractivity contribution in [1.29, 1.82) is 0 Å². The zero-order valence-electron chi connectivity index (χ0n) is 6.77. The van der Waals surface area contributed by atoms with E-state index in [0.717, 1.165) is 0 Å². The molecule has 0 bridgehead atoms. The third-order valence-corrected chi connectivity index (χ3v) is 1.15. The summed E-state index contributed by atoms with van der Waals surface area (Å²) < 4.78 is 39.0. The number of hydrogen-bond acceptors (Lipinski definition) is 6. The predicted octanol–water partition coefficient (Wildman–Crippen LogP) is 0.898. The predicted molar refractivity (Wildman–Crippen MR) is 34.7 cm³/mol. The van der Waals surface area contributed by atoms with Crippen LogP contribution in [0.5, 0.6) is 0 Å². The number of carbonyl (C=O) groups is 2. The molecule has 2 heterocycles. The highest BCUT2D eigenvalue weighted by atomic mass is 19.2. The highest BCUT2D eigenvalue weighted by Gasteiger charge is 2.36. The summed E-state index contributed by atoms with van der Waals surface area (Å²) in [6.07, 6.45) is -6.34. The zero-order valence-corrected chi connectivity index (χ0v) is 6.77. The molecular formula is C6H6F2O6. The van der Waals surface area contributed by atoms with Crippen LogP contribution in [0, 0.1) is 0 Å². The number of rotatable bonds is 0.